The van der Waals surface area contributed by atoms with E-state index in [1.54, 1.807) is 6.07 Å². The summed E-state index contributed by atoms with van der Waals surface area (Å²) >= 11 is 1.32. The van der Waals surface area contributed by atoms with E-state index in [1.807, 2.05) is 6.92 Å². The summed E-state index contributed by atoms with van der Waals surface area (Å²) in [5.74, 6) is -0.451. The maximum atomic E-state index is 10.5. The standard InChI is InChI=1S/C10H11NO4S/c1-7-2-3-8(11(14)15)6-9(7)16-5-4-10(12)13/h2-3,6H,4-5H2,1H3,(H,12,13). The summed E-state index contributed by atoms with van der Waals surface area (Å²) in [6.07, 6.45) is 0.0484. The number of rotatable bonds is 5. The monoisotopic (exact) mass is 241 g/mol. The molecule has 0 unspecified atom stereocenters. The summed E-state index contributed by atoms with van der Waals surface area (Å²) in [5.41, 5.74) is 0.949. The highest BCUT2D eigenvalue weighted by Crippen LogP contribution is 2.27. The van der Waals surface area contributed by atoms with Crippen LogP contribution in [-0.2, 0) is 4.79 Å². The molecule has 1 rings (SSSR count). The van der Waals surface area contributed by atoms with Crippen LogP contribution in [0.25, 0.3) is 0 Å². The van der Waals surface area contributed by atoms with E-state index in [0.717, 1.165) is 10.5 Å². The minimum atomic E-state index is -0.865. The van der Waals surface area contributed by atoms with Crippen molar-refractivity contribution in [2.24, 2.45) is 0 Å². The molecule has 0 aromatic heterocycles. The lowest BCUT2D eigenvalue weighted by molar-refractivity contribution is -0.385. The molecule has 1 aromatic rings. The zero-order valence-corrected chi connectivity index (χ0v) is 9.49. The van der Waals surface area contributed by atoms with Crippen LogP contribution in [-0.4, -0.2) is 21.8 Å². The number of carboxylic acids is 1. The highest BCUT2D eigenvalue weighted by atomic mass is 32.2. The molecule has 1 aromatic carbocycles. The number of non-ortho nitro benzene ring substituents is 1. The molecular formula is C10H11NO4S. The van der Waals surface area contributed by atoms with E-state index in [-0.39, 0.29) is 12.1 Å². The molecule has 86 valence electrons. The molecule has 0 heterocycles. The number of benzene rings is 1. The highest BCUT2D eigenvalue weighted by Gasteiger charge is 2.09. The molecule has 5 nitrogen and oxygen atoms in total. The van der Waals surface area contributed by atoms with Crippen LogP contribution in [0.5, 0.6) is 0 Å². The van der Waals surface area contributed by atoms with Crippen molar-refractivity contribution >= 4 is 23.4 Å². The van der Waals surface area contributed by atoms with Crippen molar-refractivity contribution in [1.29, 1.82) is 0 Å². The van der Waals surface area contributed by atoms with E-state index < -0.39 is 10.9 Å². The normalized spacial score (nSPS) is 10.1. The van der Waals surface area contributed by atoms with Gasteiger partial charge in [0.05, 0.1) is 11.3 Å². The van der Waals surface area contributed by atoms with E-state index in [1.165, 1.54) is 23.9 Å². The fraction of sp³-hybridized carbons (Fsp3) is 0.300. The second-order valence-corrected chi connectivity index (χ2v) is 4.34. The number of nitro groups is 1. The number of thioether (sulfide) groups is 1. The molecule has 16 heavy (non-hydrogen) atoms. The SMILES string of the molecule is Cc1ccc([N+](=O)[O-])cc1SCCC(=O)O. The molecule has 0 fully saturated rings. The summed E-state index contributed by atoms with van der Waals surface area (Å²) in [4.78, 5) is 21.2. The molecule has 0 saturated carbocycles. The van der Waals surface area contributed by atoms with Gasteiger partial charge < -0.3 is 5.11 Å². The van der Waals surface area contributed by atoms with Gasteiger partial charge in [-0.25, -0.2) is 0 Å². The van der Waals surface area contributed by atoms with Crippen molar-refractivity contribution in [2.75, 3.05) is 5.75 Å². The van der Waals surface area contributed by atoms with Crippen LogP contribution in [0.3, 0.4) is 0 Å². The Morgan fingerprint density at radius 3 is 2.81 bits per heavy atom. The van der Waals surface area contributed by atoms with Gasteiger partial charge in [0.2, 0.25) is 0 Å². The van der Waals surface area contributed by atoms with Crippen LogP contribution in [0.1, 0.15) is 12.0 Å². The molecule has 6 heteroatoms. The quantitative estimate of drug-likeness (QED) is 0.486. The van der Waals surface area contributed by atoms with Gasteiger partial charge in [-0.05, 0) is 12.5 Å². The fourth-order valence-electron chi connectivity index (χ4n) is 1.11. The Labute approximate surface area is 96.6 Å². The summed E-state index contributed by atoms with van der Waals surface area (Å²) in [6, 6.07) is 4.58. The van der Waals surface area contributed by atoms with Crippen molar-refractivity contribution in [2.45, 2.75) is 18.2 Å². The Hall–Kier alpha value is -1.56. The lowest BCUT2D eigenvalue weighted by atomic mass is 10.2. The first-order valence-corrected chi connectivity index (χ1v) is 5.59. The molecule has 0 radical (unpaired) electrons. The number of carboxylic acid groups (broad SMARTS) is 1. The average molecular weight is 241 g/mol. The van der Waals surface area contributed by atoms with Gasteiger partial charge in [0.1, 0.15) is 0 Å². The Kier molecular flexibility index (Phi) is 4.30. The Morgan fingerprint density at radius 2 is 2.25 bits per heavy atom. The van der Waals surface area contributed by atoms with Crippen LogP contribution in [0.2, 0.25) is 0 Å². The van der Waals surface area contributed by atoms with Gasteiger partial charge in [-0.15, -0.1) is 11.8 Å². The number of carbonyl (C=O) groups is 1. The third kappa shape index (κ3) is 3.54. The number of nitro benzene ring substituents is 1. The Balaban J connectivity index is 2.74. The Bertz CT molecular complexity index is 419. The predicted octanol–water partition coefficient (Wildman–Crippen LogP) is 2.47. The lowest BCUT2D eigenvalue weighted by Gasteiger charge is -2.03. The van der Waals surface area contributed by atoms with Gasteiger partial charge in [0.15, 0.2) is 0 Å². The molecule has 0 saturated heterocycles. The van der Waals surface area contributed by atoms with Crippen LogP contribution in [0, 0.1) is 17.0 Å². The molecule has 0 spiro atoms. The second kappa shape index (κ2) is 5.50. The third-order valence-corrected chi connectivity index (χ3v) is 3.12. The van der Waals surface area contributed by atoms with E-state index in [0.29, 0.717) is 5.75 Å². The topological polar surface area (TPSA) is 80.4 Å². The lowest BCUT2D eigenvalue weighted by Crippen LogP contribution is -1.96. The number of hydrogen-bond acceptors (Lipinski definition) is 4. The van der Waals surface area contributed by atoms with Crippen molar-refractivity contribution in [3.05, 3.63) is 33.9 Å². The van der Waals surface area contributed by atoms with Gasteiger partial charge in [-0.1, -0.05) is 6.07 Å². The van der Waals surface area contributed by atoms with Gasteiger partial charge in [-0.3, -0.25) is 14.9 Å². The maximum Gasteiger partial charge on any atom is 0.304 e. The minimum Gasteiger partial charge on any atom is -0.481 e. The van der Waals surface area contributed by atoms with Crippen molar-refractivity contribution in [3.8, 4) is 0 Å². The van der Waals surface area contributed by atoms with Crippen molar-refractivity contribution in [1.82, 2.24) is 0 Å². The zero-order valence-electron chi connectivity index (χ0n) is 8.67. The van der Waals surface area contributed by atoms with Gasteiger partial charge >= 0.3 is 5.97 Å². The molecule has 1 N–H and O–H groups in total. The maximum absolute atomic E-state index is 10.5. The zero-order chi connectivity index (χ0) is 12.1. The van der Waals surface area contributed by atoms with E-state index in [2.05, 4.69) is 0 Å². The van der Waals surface area contributed by atoms with E-state index in [4.69, 9.17) is 5.11 Å². The molecule has 0 aliphatic rings. The summed E-state index contributed by atoms with van der Waals surface area (Å²) in [6.45, 7) is 1.84. The van der Waals surface area contributed by atoms with Crippen LogP contribution in [0.15, 0.2) is 23.1 Å². The number of aliphatic carboxylic acids is 1. The molecule has 0 bridgehead atoms. The first-order valence-electron chi connectivity index (χ1n) is 4.60. The van der Waals surface area contributed by atoms with Gasteiger partial charge in [0, 0.05) is 22.8 Å². The number of aryl methyl sites for hydroxylation is 1. The van der Waals surface area contributed by atoms with E-state index >= 15 is 0 Å². The molecular weight excluding hydrogens is 230 g/mol. The molecule has 0 aliphatic heterocycles. The number of hydrogen-bond donors (Lipinski definition) is 1. The van der Waals surface area contributed by atoms with E-state index in [9.17, 15) is 14.9 Å². The van der Waals surface area contributed by atoms with Crippen LogP contribution >= 0.6 is 11.8 Å². The summed E-state index contributed by atoms with van der Waals surface area (Å²) in [5, 5.41) is 19.0. The number of nitrogens with zero attached hydrogens (tertiary/aromatic N) is 1. The first-order chi connectivity index (χ1) is 7.50. The van der Waals surface area contributed by atoms with Gasteiger partial charge in [0.25, 0.3) is 5.69 Å². The fourth-order valence-corrected chi connectivity index (χ4v) is 2.10. The third-order valence-electron chi connectivity index (χ3n) is 1.96. The predicted molar refractivity (Wildman–Crippen MR) is 60.8 cm³/mol. The summed E-state index contributed by atoms with van der Waals surface area (Å²) in [7, 11) is 0. The Morgan fingerprint density at radius 1 is 1.56 bits per heavy atom. The first kappa shape index (κ1) is 12.5. The smallest absolute Gasteiger partial charge is 0.304 e. The average Bonchev–Trinajstić information content (AvgIpc) is 2.20. The van der Waals surface area contributed by atoms with Gasteiger partial charge in [-0.2, -0.15) is 0 Å². The largest absolute Gasteiger partial charge is 0.481 e. The van der Waals surface area contributed by atoms with Crippen LogP contribution < -0.4 is 0 Å². The minimum absolute atomic E-state index is 0.0309. The summed E-state index contributed by atoms with van der Waals surface area (Å²) < 4.78 is 0. The molecule has 0 atom stereocenters. The second-order valence-electron chi connectivity index (χ2n) is 3.20. The van der Waals surface area contributed by atoms with Crippen LogP contribution in [0.4, 0.5) is 5.69 Å². The molecule has 0 aliphatic carbocycles. The highest BCUT2D eigenvalue weighted by molar-refractivity contribution is 7.99. The van der Waals surface area contributed by atoms with Crippen molar-refractivity contribution < 1.29 is 14.8 Å². The molecule has 0 amide bonds. The van der Waals surface area contributed by atoms with Crippen molar-refractivity contribution in [3.63, 3.8) is 0 Å².